The van der Waals surface area contributed by atoms with Crippen LogP contribution in [0.3, 0.4) is 0 Å². The third-order valence-corrected chi connectivity index (χ3v) is 4.56. The van der Waals surface area contributed by atoms with Gasteiger partial charge >= 0.3 is 0 Å². The maximum atomic E-state index is 12.4. The summed E-state index contributed by atoms with van der Waals surface area (Å²) in [5.74, 6) is 1.69. The van der Waals surface area contributed by atoms with E-state index in [1.807, 2.05) is 13.2 Å². The molecule has 0 unspecified atom stereocenters. The largest absolute Gasteiger partial charge is 0.493 e. The molecule has 2 aromatic rings. The topological polar surface area (TPSA) is 84.1 Å². The maximum absolute atomic E-state index is 12.4. The van der Waals surface area contributed by atoms with Crippen molar-refractivity contribution in [2.75, 3.05) is 25.2 Å². The molecule has 1 heterocycles. The Labute approximate surface area is 157 Å². The molecule has 7 heteroatoms. The van der Waals surface area contributed by atoms with Gasteiger partial charge in [-0.25, -0.2) is 4.98 Å². The quantitative estimate of drug-likeness (QED) is 0.693. The Morgan fingerprint density at radius 1 is 1.35 bits per heavy atom. The minimum Gasteiger partial charge on any atom is -0.493 e. The van der Waals surface area contributed by atoms with Gasteiger partial charge in [0.15, 0.2) is 0 Å². The molecular formula is C19H25N3O3S. The molecule has 0 aliphatic rings. The van der Waals surface area contributed by atoms with Gasteiger partial charge in [-0.3, -0.25) is 9.59 Å². The van der Waals surface area contributed by atoms with Crippen molar-refractivity contribution >= 4 is 17.7 Å². The van der Waals surface area contributed by atoms with Gasteiger partial charge in [0.1, 0.15) is 11.6 Å². The molecule has 0 saturated carbocycles. The molecular weight excluding hydrogens is 350 g/mol. The molecule has 6 nitrogen and oxygen atoms in total. The maximum Gasteiger partial charge on any atom is 0.254 e. The smallest absolute Gasteiger partial charge is 0.254 e. The molecule has 1 amide bonds. The van der Waals surface area contributed by atoms with Crippen molar-refractivity contribution in [1.82, 2.24) is 15.3 Å². The Morgan fingerprint density at radius 2 is 2.12 bits per heavy atom. The fraction of sp³-hybridized carbons (Fsp3) is 0.421. The van der Waals surface area contributed by atoms with E-state index in [1.165, 1.54) is 0 Å². The zero-order valence-electron chi connectivity index (χ0n) is 15.6. The lowest BCUT2D eigenvalue weighted by atomic mass is 10.1. The van der Waals surface area contributed by atoms with E-state index in [1.54, 1.807) is 43.8 Å². The number of aromatic nitrogens is 2. The van der Waals surface area contributed by atoms with Crippen molar-refractivity contribution in [2.24, 2.45) is 0 Å². The average molecular weight is 375 g/mol. The molecule has 0 bridgehead atoms. The van der Waals surface area contributed by atoms with Crippen molar-refractivity contribution < 1.29 is 9.53 Å². The summed E-state index contributed by atoms with van der Waals surface area (Å²) >= 11 is 1.67. The molecule has 1 aromatic heterocycles. The van der Waals surface area contributed by atoms with Crippen LogP contribution >= 0.6 is 11.8 Å². The fourth-order valence-corrected chi connectivity index (χ4v) is 2.64. The van der Waals surface area contributed by atoms with Crippen molar-refractivity contribution in [2.45, 2.75) is 27.2 Å². The second-order valence-corrected chi connectivity index (χ2v) is 6.92. The Bertz CT molecular complexity index is 833. The van der Waals surface area contributed by atoms with Gasteiger partial charge in [0.05, 0.1) is 12.2 Å². The van der Waals surface area contributed by atoms with Gasteiger partial charge in [0, 0.05) is 29.1 Å². The predicted molar refractivity (Wildman–Crippen MR) is 106 cm³/mol. The molecule has 140 valence electrons. The van der Waals surface area contributed by atoms with Crippen LogP contribution in [0.5, 0.6) is 5.75 Å². The molecule has 0 radical (unpaired) electrons. The van der Waals surface area contributed by atoms with Gasteiger partial charge < -0.3 is 15.0 Å². The van der Waals surface area contributed by atoms with E-state index < -0.39 is 0 Å². The summed E-state index contributed by atoms with van der Waals surface area (Å²) in [5.41, 5.74) is 2.15. The van der Waals surface area contributed by atoms with Gasteiger partial charge in [-0.15, -0.1) is 0 Å². The number of rotatable bonds is 8. The number of aryl methyl sites for hydroxylation is 1. The van der Waals surface area contributed by atoms with Crippen LogP contribution in [-0.4, -0.2) is 41.0 Å². The summed E-state index contributed by atoms with van der Waals surface area (Å²) in [6.07, 6.45) is 2.85. The Morgan fingerprint density at radius 3 is 2.77 bits per heavy atom. The van der Waals surface area contributed by atoms with Crippen LogP contribution < -0.4 is 15.6 Å². The average Bonchev–Trinajstić information content (AvgIpc) is 2.64. The van der Waals surface area contributed by atoms with Crippen molar-refractivity contribution in [3.05, 3.63) is 45.4 Å². The first-order chi connectivity index (χ1) is 12.5. The number of aromatic amines is 1. The van der Waals surface area contributed by atoms with Gasteiger partial charge in [0.25, 0.3) is 11.5 Å². The molecule has 0 saturated heterocycles. The number of benzene rings is 1. The van der Waals surface area contributed by atoms with Crippen LogP contribution in [0.15, 0.2) is 23.0 Å². The fourth-order valence-electron chi connectivity index (χ4n) is 2.34. The highest BCUT2D eigenvalue weighted by Crippen LogP contribution is 2.29. The van der Waals surface area contributed by atoms with Gasteiger partial charge in [-0.05, 0) is 44.7 Å². The van der Waals surface area contributed by atoms with Crippen molar-refractivity contribution in [3.63, 3.8) is 0 Å². The van der Waals surface area contributed by atoms with Crippen LogP contribution in [0, 0.1) is 13.8 Å². The van der Waals surface area contributed by atoms with Gasteiger partial charge in [0.2, 0.25) is 0 Å². The number of nitrogens with one attached hydrogen (secondary N) is 2. The van der Waals surface area contributed by atoms with E-state index in [2.05, 4.69) is 15.3 Å². The van der Waals surface area contributed by atoms with Crippen molar-refractivity contribution in [3.8, 4) is 17.1 Å². The van der Waals surface area contributed by atoms with Crippen LogP contribution in [0.4, 0.5) is 0 Å². The third-order valence-electron chi connectivity index (χ3n) is 3.95. The molecule has 0 spiro atoms. The van der Waals surface area contributed by atoms with Crippen LogP contribution in [-0.2, 0) is 0 Å². The standard InChI is InChI=1S/C19H25N3O3S/c1-5-9-25-16-7-6-14(19(24)20-8-10-26-4)11-15(16)17-21-13(3)12(2)18(23)22-17/h6-7,11H,5,8-10H2,1-4H3,(H,20,24)(H,21,22,23). The first-order valence-corrected chi connectivity index (χ1v) is 9.99. The summed E-state index contributed by atoms with van der Waals surface area (Å²) in [6.45, 7) is 6.68. The number of hydrogen-bond donors (Lipinski definition) is 2. The zero-order valence-corrected chi connectivity index (χ0v) is 16.5. The first-order valence-electron chi connectivity index (χ1n) is 8.59. The monoisotopic (exact) mass is 375 g/mol. The van der Waals surface area contributed by atoms with E-state index in [0.29, 0.717) is 47.1 Å². The van der Waals surface area contributed by atoms with Crippen molar-refractivity contribution in [1.29, 1.82) is 0 Å². The molecule has 0 fully saturated rings. The number of amides is 1. The van der Waals surface area contributed by atoms with E-state index in [9.17, 15) is 9.59 Å². The number of carbonyl (C=O) groups is 1. The molecule has 1 aromatic carbocycles. The van der Waals surface area contributed by atoms with Crippen LogP contribution in [0.2, 0.25) is 0 Å². The molecule has 2 N–H and O–H groups in total. The summed E-state index contributed by atoms with van der Waals surface area (Å²) in [5, 5.41) is 2.88. The highest BCUT2D eigenvalue weighted by atomic mass is 32.2. The molecule has 0 aliphatic heterocycles. The van der Waals surface area contributed by atoms with E-state index >= 15 is 0 Å². The highest BCUT2D eigenvalue weighted by molar-refractivity contribution is 7.98. The Kier molecular flexibility index (Phi) is 7.26. The summed E-state index contributed by atoms with van der Waals surface area (Å²) in [4.78, 5) is 31.8. The first kappa shape index (κ1) is 20.0. The zero-order chi connectivity index (χ0) is 19.1. The Hall–Kier alpha value is -2.28. The number of nitrogens with zero attached hydrogens (tertiary/aromatic N) is 1. The SMILES string of the molecule is CCCOc1ccc(C(=O)NCCSC)cc1-c1nc(C)c(C)c(=O)[nH]1. The van der Waals surface area contributed by atoms with Crippen LogP contribution in [0.25, 0.3) is 11.4 Å². The van der Waals surface area contributed by atoms with E-state index in [4.69, 9.17) is 4.74 Å². The second-order valence-electron chi connectivity index (χ2n) is 5.93. The lowest BCUT2D eigenvalue weighted by Crippen LogP contribution is -2.25. The van der Waals surface area contributed by atoms with Crippen LogP contribution in [0.1, 0.15) is 35.0 Å². The summed E-state index contributed by atoms with van der Waals surface area (Å²) < 4.78 is 5.79. The number of ether oxygens (including phenoxy) is 1. The molecule has 0 aliphatic carbocycles. The lowest BCUT2D eigenvalue weighted by molar-refractivity contribution is 0.0956. The second kappa shape index (κ2) is 9.43. The van der Waals surface area contributed by atoms with Gasteiger partial charge in [-0.2, -0.15) is 11.8 Å². The normalized spacial score (nSPS) is 10.6. The van der Waals surface area contributed by atoms with E-state index in [-0.39, 0.29) is 11.5 Å². The lowest BCUT2D eigenvalue weighted by Gasteiger charge is -2.13. The van der Waals surface area contributed by atoms with Gasteiger partial charge in [-0.1, -0.05) is 6.92 Å². The Balaban J connectivity index is 2.44. The number of thioether (sulfide) groups is 1. The minimum atomic E-state index is -0.191. The number of carbonyl (C=O) groups excluding carboxylic acids is 1. The summed E-state index contributed by atoms with van der Waals surface area (Å²) in [7, 11) is 0. The minimum absolute atomic E-state index is 0.159. The summed E-state index contributed by atoms with van der Waals surface area (Å²) in [6, 6.07) is 5.19. The third kappa shape index (κ3) is 4.88. The predicted octanol–water partition coefficient (Wildman–Crippen LogP) is 2.94. The molecule has 2 rings (SSSR count). The molecule has 0 atom stereocenters. The highest BCUT2D eigenvalue weighted by Gasteiger charge is 2.15. The molecule has 26 heavy (non-hydrogen) atoms. The number of H-pyrrole nitrogens is 1. The van der Waals surface area contributed by atoms with E-state index in [0.717, 1.165) is 12.2 Å². The number of hydrogen-bond acceptors (Lipinski definition) is 5.